The van der Waals surface area contributed by atoms with Crippen molar-refractivity contribution >= 4 is 5.97 Å². The number of carboxylic acid groups (broad SMARTS) is 1. The fraction of sp³-hybridized carbons (Fsp3) is 0.929. The molecule has 1 unspecified atom stereocenters. The van der Waals surface area contributed by atoms with Gasteiger partial charge in [-0.3, -0.25) is 9.69 Å². The molecule has 1 N–H and O–H groups in total. The summed E-state index contributed by atoms with van der Waals surface area (Å²) >= 11 is 0. The van der Waals surface area contributed by atoms with Crippen molar-refractivity contribution in [3.8, 4) is 0 Å². The van der Waals surface area contributed by atoms with Crippen LogP contribution in [-0.2, 0) is 14.3 Å². The second-order valence-corrected chi connectivity index (χ2v) is 5.42. The van der Waals surface area contributed by atoms with Gasteiger partial charge in [-0.25, -0.2) is 0 Å². The Kier molecular flexibility index (Phi) is 6.75. The Hall–Kier alpha value is -0.650. The van der Waals surface area contributed by atoms with Crippen LogP contribution in [-0.4, -0.2) is 62.0 Å². The van der Waals surface area contributed by atoms with Gasteiger partial charge in [-0.1, -0.05) is 6.92 Å². The maximum atomic E-state index is 11.7. The van der Waals surface area contributed by atoms with Gasteiger partial charge in [-0.05, 0) is 26.2 Å². The van der Waals surface area contributed by atoms with Crippen molar-refractivity contribution in [2.45, 2.75) is 39.2 Å². The van der Waals surface area contributed by atoms with E-state index in [2.05, 4.69) is 18.7 Å². The Bertz CT molecular complexity index is 277. The molecule has 1 aliphatic heterocycles. The summed E-state index contributed by atoms with van der Waals surface area (Å²) in [6.07, 6.45) is 2.21. The third-order valence-corrected chi connectivity index (χ3v) is 4.21. The third-order valence-electron chi connectivity index (χ3n) is 4.21. The topological polar surface area (TPSA) is 59.0 Å². The number of hydrogen-bond acceptors (Lipinski definition) is 4. The molecule has 112 valence electrons. The third kappa shape index (κ3) is 4.44. The van der Waals surface area contributed by atoms with Crippen molar-refractivity contribution in [2.75, 3.05) is 40.0 Å². The molecule has 0 amide bonds. The lowest BCUT2D eigenvalue weighted by molar-refractivity contribution is -0.157. The van der Waals surface area contributed by atoms with Gasteiger partial charge in [0.15, 0.2) is 0 Å². The van der Waals surface area contributed by atoms with E-state index < -0.39 is 11.4 Å². The average Bonchev–Trinajstić information content (AvgIpc) is 2.43. The number of ether oxygens (including phenoxy) is 2. The molecule has 1 fully saturated rings. The number of rotatable bonds is 8. The van der Waals surface area contributed by atoms with E-state index in [1.165, 1.54) is 0 Å². The number of carboxylic acids is 1. The molecule has 5 nitrogen and oxygen atoms in total. The van der Waals surface area contributed by atoms with Gasteiger partial charge in [0.1, 0.15) is 0 Å². The van der Waals surface area contributed by atoms with E-state index in [0.29, 0.717) is 45.2 Å². The largest absolute Gasteiger partial charge is 0.481 e. The monoisotopic (exact) mass is 273 g/mol. The number of hydrogen-bond donors (Lipinski definition) is 1. The zero-order valence-corrected chi connectivity index (χ0v) is 12.4. The lowest BCUT2D eigenvalue weighted by Gasteiger charge is -2.39. The first kappa shape index (κ1) is 16.4. The zero-order valence-electron chi connectivity index (χ0n) is 12.4. The smallest absolute Gasteiger partial charge is 0.311 e. The highest BCUT2D eigenvalue weighted by molar-refractivity contribution is 5.75. The number of carbonyl (C=O) groups is 1. The molecule has 0 aliphatic carbocycles. The Labute approximate surface area is 115 Å². The van der Waals surface area contributed by atoms with Crippen molar-refractivity contribution in [3.05, 3.63) is 0 Å². The Morgan fingerprint density at radius 3 is 2.58 bits per heavy atom. The molecule has 0 bridgehead atoms. The van der Waals surface area contributed by atoms with Crippen molar-refractivity contribution < 1.29 is 19.4 Å². The average molecular weight is 273 g/mol. The summed E-state index contributed by atoms with van der Waals surface area (Å²) in [5.41, 5.74) is -0.657. The fourth-order valence-electron chi connectivity index (χ4n) is 2.51. The van der Waals surface area contributed by atoms with Gasteiger partial charge in [0.2, 0.25) is 0 Å². The van der Waals surface area contributed by atoms with Gasteiger partial charge in [0.05, 0.1) is 12.0 Å². The maximum absolute atomic E-state index is 11.7. The molecule has 1 atom stereocenters. The van der Waals surface area contributed by atoms with Gasteiger partial charge in [0.25, 0.3) is 0 Å². The summed E-state index contributed by atoms with van der Waals surface area (Å²) in [6, 6.07) is 0.370. The van der Waals surface area contributed by atoms with Crippen LogP contribution in [0.5, 0.6) is 0 Å². The summed E-state index contributed by atoms with van der Waals surface area (Å²) in [5, 5.41) is 9.60. The van der Waals surface area contributed by atoms with Crippen LogP contribution in [0.4, 0.5) is 0 Å². The van der Waals surface area contributed by atoms with E-state index in [0.717, 1.165) is 13.0 Å². The van der Waals surface area contributed by atoms with Gasteiger partial charge < -0.3 is 14.6 Å². The highest BCUT2D eigenvalue weighted by Crippen LogP contribution is 2.32. The minimum Gasteiger partial charge on any atom is -0.481 e. The fourth-order valence-corrected chi connectivity index (χ4v) is 2.51. The first-order chi connectivity index (χ1) is 9.05. The van der Waals surface area contributed by atoms with E-state index >= 15 is 0 Å². The molecule has 1 heterocycles. The van der Waals surface area contributed by atoms with E-state index in [1.54, 1.807) is 7.11 Å². The van der Waals surface area contributed by atoms with Gasteiger partial charge in [-0.15, -0.1) is 0 Å². The zero-order chi connectivity index (χ0) is 14.3. The van der Waals surface area contributed by atoms with Gasteiger partial charge in [0, 0.05) is 39.5 Å². The number of methoxy groups -OCH3 is 1. The van der Waals surface area contributed by atoms with Gasteiger partial charge in [-0.2, -0.15) is 0 Å². The summed E-state index contributed by atoms with van der Waals surface area (Å²) in [6.45, 7) is 7.37. The van der Waals surface area contributed by atoms with Crippen LogP contribution in [0.25, 0.3) is 0 Å². The van der Waals surface area contributed by atoms with Crippen molar-refractivity contribution in [3.63, 3.8) is 0 Å². The molecule has 1 saturated heterocycles. The van der Waals surface area contributed by atoms with Crippen LogP contribution in [0.15, 0.2) is 0 Å². The van der Waals surface area contributed by atoms with Crippen LogP contribution in [0.3, 0.4) is 0 Å². The van der Waals surface area contributed by atoms with Crippen LogP contribution in [0.2, 0.25) is 0 Å². The number of nitrogens with zero attached hydrogens (tertiary/aromatic N) is 1. The SMILES string of the molecule is CCC(C)N(CCOC)CC1(C(=O)O)CCOCC1. The van der Waals surface area contributed by atoms with E-state index in [4.69, 9.17) is 9.47 Å². The van der Waals surface area contributed by atoms with Crippen LogP contribution in [0, 0.1) is 5.41 Å². The Morgan fingerprint density at radius 1 is 1.47 bits per heavy atom. The Balaban J connectivity index is 2.74. The molecular weight excluding hydrogens is 246 g/mol. The second-order valence-electron chi connectivity index (χ2n) is 5.42. The summed E-state index contributed by atoms with van der Waals surface area (Å²) in [5.74, 6) is -0.693. The summed E-state index contributed by atoms with van der Waals surface area (Å²) < 4.78 is 10.5. The van der Waals surface area contributed by atoms with Crippen molar-refractivity contribution in [2.24, 2.45) is 5.41 Å². The van der Waals surface area contributed by atoms with Crippen LogP contribution in [0.1, 0.15) is 33.1 Å². The second kappa shape index (κ2) is 7.82. The molecule has 1 rings (SSSR count). The minimum atomic E-state index is -0.693. The molecule has 0 aromatic heterocycles. The number of aliphatic carboxylic acids is 1. The maximum Gasteiger partial charge on any atom is 0.311 e. The molecule has 0 radical (unpaired) electrons. The lowest BCUT2D eigenvalue weighted by Crippen LogP contribution is -2.49. The van der Waals surface area contributed by atoms with Crippen molar-refractivity contribution in [1.82, 2.24) is 4.90 Å². The molecule has 0 aromatic rings. The minimum absolute atomic E-state index is 0.370. The first-order valence-electron chi connectivity index (χ1n) is 7.10. The normalized spacial score (nSPS) is 20.4. The van der Waals surface area contributed by atoms with Crippen LogP contribution < -0.4 is 0 Å². The molecule has 1 aliphatic rings. The molecule has 0 saturated carbocycles. The van der Waals surface area contributed by atoms with E-state index in [9.17, 15) is 9.90 Å². The van der Waals surface area contributed by atoms with Crippen molar-refractivity contribution in [1.29, 1.82) is 0 Å². The molecular formula is C14H27NO4. The predicted molar refractivity (Wildman–Crippen MR) is 73.3 cm³/mol. The molecule has 0 spiro atoms. The summed E-state index contributed by atoms with van der Waals surface area (Å²) in [4.78, 5) is 13.9. The molecule has 5 heteroatoms. The highest BCUT2D eigenvalue weighted by Gasteiger charge is 2.42. The highest BCUT2D eigenvalue weighted by atomic mass is 16.5. The predicted octanol–water partition coefficient (Wildman–Crippen LogP) is 1.61. The van der Waals surface area contributed by atoms with E-state index in [1.807, 2.05) is 0 Å². The first-order valence-corrected chi connectivity index (χ1v) is 7.10. The lowest BCUT2D eigenvalue weighted by atomic mass is 9.79. The van der Waals surface area contributed by atoms with Crippen LogP contribution >= 0.6 is 0 Å². The van der Waals surface area contributed by atoms with E-state index in [-0.39, 0.29) is 0 Å². The van der Waals surface area contributed by atoms with Gasteiger partial charge >= 0.3 is 5.97 Å². The molecule has 19 heavy (non-hydrogen) atoms. The quantitative estimate of drug-likeness (QED) is 0.728. The molecule has 0 aromatic carbocycles. The summed E-state index contributed by atoms with van der Waals surface area (Å²) in [7, 11) is 1.68. The standard InChI is InChI=1S/C14H27NO4/c1-4-12(2)15(7-10-18-3)11-14(13(16)17)5-8-19-9-6-14/h12H,4-11H2,1-3H3,(H,16,17). The Morgan fingerprint density at radius 2 is 2.11 bits per heavy atom.